The van der Waals surface area contributed by atoms with Gasteiger partial charge in [-0.15, -0.1) is 0 Å². The van der Waals surface area contributed by atoms with Gasteiger partial charge in [-0.25, -0.2) is 8.42 Å². The topological polar surface area (TPSA) is 81.7 Å². The lowest BCUT2D eigenvalue weighted by Gasteiger charge is -2.12. The number of hydrogen-bond donors (Lipinski definition) is 1. The van der Waals surface area contributed by atoms with Crippen LogP contribution in [0.4, 0.5) is 0 Å². The van der Waals surface area contributed by atoms with Gasteiger partial charge in [0.25, 0.3) is 0 Å². The van der Waals surface area contributed by atoms with Crippen molar-refractivity contribution >= 4 is 15.7 Å². The quantitative estimate of drug-likeness (QED) is 0.838. The van der Waals surface area contributed by atoms with E-state index in [2.05, 4.69) is 5.32 Å². The van der Waals surface area contributed by atoms with Crippen molar-refractivity contribution in [2.75, 3.05) is 20.5 Å². The van der Waals surface area contributed by atoms with Crippen LogP contribution >= 0.6 is 0 Å². The minimum absolute atomic E-state index is 0.221. The first-order chi connectivity index (χ1) is 9.29. The van der Waals surface area contributed by atoms with Crippen molar-refractivity contribution in [1.82, 2.24) is 5.32 Å². The smallest absolute Gasteiger partial charge is 0.238 e. The third kappa shape index (κ3) is 4.12. The van der Waals surface area contributed by atoms with Crippen molar-refractivity contribution < 1.29 is 22.7 Å². The molecule has 0 heterocycles. The molecular weight excluding hydrogens is 282 g/mol. The van der Waals surface area contributed by atoms with Crippen molar-refractivity contribution in [2.24, 2.45) is 0 Å². The van der Waals surface area contributed by atoms with Crippen molar-refractivity contribution in [3.63, 3.8) is 0 Å². The van der Waals surface area contributed by atoms with Crippen LogP contribution in [0, 0.1) is 0 Å². The van der Waals surface area contributed by atoms with E-state index in [0.717, 1.165) is 11.8 Å². The van der Waals surface area contributed by atoms with Crippen LogP contribution in [-0.2, 0) is 21.2 Å². The number of carbonyl (C=O) groups is 1. The third-order valence-corrected chi connectivity index (χ3v) is 4.42. The minimum atomic E-state index is -3.39. The first-order valence-corrected chi connectivity index (χ1v) is 7.92. The molecule has 20 heavy (non-hydrogen) atoms. The van der Waals surface area contributed by atoms with Crippen LogP contribution in [0.5, 0.6) is 11.5 Å². The second-order valence-corrected chi connectivity index (χ2v) is 6.75. The second kappa shape index (κ2) is 6.60. The van der Waals surface area contributed by atoms with Gasteiger partial charge in [0, 0.05) is 12.8 Å². The van der Waals surface area contributed by atoms with E-state index in [0.29, 0.717) is 11.5 Å². The van der Waals surface area contributed by atoms with E-state index in [1.165, 1.54) is 21.1 Å². The van der Waals surface area contributed by atoms with Gasteiger partial charge in [0.05, 0.1) is 14.2 Å². The maximum absolute atomic E-state index is 11.7. The molecule has 112 valence electrons. The lowest BCUT2D eigenvalue weighted by molar-refractivity contribution is -0.120. The number of hydrogen-bond acceptors (Lipinski definition) is 5. The van der Waals surface area contributed by atoms with Crippen LogP contribution < -0.4 is 14.8 Å². The monoisotopic (exact) mass is 301 g/mol. The van der Waals surface area contributed by atoms with Gasteiger partial charge in [0.15, 0.2) is 21.3 Å². The highest BCUT2D eigenvalue weighted by atomic mass is 32.2. The summed E-state index contributed by atoms with van der Waals surface area (Å²) in [4.78, 5) is 11.7. The van der Waals surface area contributed by atoms with Gasteiger partial charge in [-0.05, 0) is 24.6 Å². The molecule has 0 aliphatic carbocycles. The highest BCUT2D eigenvalue weighted by Crippen LogP contribution is 2.27. The maximum Gasteiger partial charge on any atom is 0.238 e. The van der Waals surface area contributed by atoms with E-state index in [1.807, 2.05) is 0 Å². The van der Waals surface area contributed by atoms with Gasteiger partial charge >= 0.3 is 0 Å². The van der Waals surface area contributed by atoms with E-state index in [4.69, 9.17) is 9.47 Å². The molecule has 0 radical (unpaired) electrons. The molecule has 0 spiro atoms. The van der Waals surface area contributed by atoms with Gasteiger partial charge in [-0.2, -0.15) is 0 Å². The summed E-state index contributed by atoms with van der Waals surface area (Å²) in [7, 11) is -0.332. The summed E-state index contributed by atoms with van der Waals surface area (Å²) in [5.41, 5.74) is 0.789. The van der Waals surface area contributed by atoms with E-state index in [9.17, 15) is 13.2 Å². The van der Waals surface area contributed by atoms with Crippen molar-refractivity contribution in [3.05, 3.63) is 23.8 Å². The Morgan fingerprint density at radius 1 is 1.25 bits per heavy atom. The van der Waals surface area contributed by atoms with E-state index in [-0.39, 0.29) is 6.54 Å². The molecule has 0 saturated carbocycles. The fraction of sp³-hybridized carbons (Fsp3) is 0.462. The molecule has 0 bridgehead atoms. The normalized spacial score (nSPS) is 12.6. The summed E-state index contributed by atoms with van der Waals surface area (Å²) in [6.07, 6.45) is 1.04. The molecule has 0 fully saturated rings. The average Bonchev–Trinajstić information content (AvgIpc) is 2.42. The number of rotatable bonds is 6. The fourth-order valence-corrected chi connectivity index (χ4v) is 1.99. The summed E-state index contributed by atoms with van der Waals surface area (Å²) in [5, 5.41) is 1.51. The maximum atomic E-state index is 11.7. The predicted molar refractivity (Wildman–Crippen MR) is 75.7 cm³/mol. The Morgan fingerprint density at radius 3 is 2.35 bits per heavy atom. The SMILES string of the molecule is COc1ccc(CNC(=O)[C@@H](C)S(C)(=O)=O)cc1OC. The Morgan fingerprint density at radius 2 is 1.85 bits per heavy atom. The second-order valence-electron chi connectivity index (χ2n) is 4.38. The molecule has 1 aromatic rings. The largest absolute Gasteiger partial charge is 0.493 e. The number of amides is 1. The lowest BCUT2D eigenvalue weighted by atomic mass is 10.2. The molecule has 1 amide bonds. The van der Waals surface area contributed by atoms with Gasteiger partial charge in [-0.3, -0.25) is 4.79 Å². The van der Waals surface area contributed by atoms with Crippen molar-refractivity contribution in [3.8, 4) is 11.5 Å². The summed E-state index contributed by atoms with van der Waals surface area (Å²) in [6.45, 7) is 1.58. The number of carbonyl (C=O) groups excluding carboxylic acids is 1. The van der Waals surface area contributed by atoms with Gasteiger partial charge in [-0.1, -0.05) is 6.07 Å². The summed E-state index contributed by atoms with van der Waals surface area (Å²) in [5.74, 6) is 0.616. The van der Waals surface area contributed by atoms with Gasteiger partial charge in [0.1, 0.15) is 5.25 Å². The highest BCUT2D eigenvalue weighted by molar-refractivity contribution is 7.92. The molecule has 1 aromatic carbocycles. The van der Waals surface area contributed by atoms with E-state index in [1.54, 1.807) is 18.2 Å². The van der Waals surface area contributed by atoms with Gasteiger partial charge in [0.2, 0.25) is 5.91 Å². The summed E-state index contributed by atoms with van der Waals surface area (Å²) in [6, 6.07) is 5.22. The molecule has 0 saturated heterocycles. The van der Waals surface area contributed by atoms with Crippen LogP contribution in [0.15, 0.2) is 18.2 Å². The molecule has 0 aliphatic rings. The highest BCUT2D eigenvalue weighted by Gasteiger charge is 2.23. The Balaban J connectivity index is 2.73. The number of ether oxygens (including phenoxy) is 2. The minimum Gasteiger partial charge on any atom is -0.493 e. The zero-order chi connectivity index (χ0) is 15.3. The summed E-state index contributed by atoms with van der Waals surface area (Å²) < 4.78 is 32.8. The zero-order valence-electron chi connectivity index (χ0n) is 12.0. The molecular formula is C13H19NO5S. The van der Waals surface area contributed by atoms with Crippen LogP contribution in [0.25, 0.3) is 0 Å². The average molecular weight is 301 g/mol. The molecule has 0 aliphatic heterocycles. The first kappa shape index (κ1) is 16.3. The summed E-state index contributed by atoms with van der Waals surface area (Å²) >= 11 is 0. The number of benzene rings is 1. The molecule has 0 aromatic heterocycles. The van der Waals surface area contributed by atoms with Crippen molar-refractivity contribution in [2.45, 2.75) is 18.7 Å². The Hall–Kier alpha value is -1.76. The Labute approximate surface area is 119 Å². The fourth-order valence-electron chi connectivity index (χ4n) is 1.52. The Bertz CT molecular complexity index is 582. The van der Waals surface area contributed by atoms with Gasteiger partial charge < -0.3 is 14.8 Å². The zero-order valence-corrected chi connectivity index (χ0v) is 12.8. The standard InChI is InChI=1S/C13H19NO5S/c1-9(20(4,16)17)13(15)14-8-10-5-6-11(18-2)12(7-10)19-3/h5-7,9H,8H2,1-4H3,(H,14,15)/t9-/m1/s1. The molecule has 6 nitrogen and oxygen atoms in total. The Kier molecular flexibility index (Phi) is 5.38. The predicted octanol–water partition coefficient (Wildman–Crippen LogP) is 0.753. The van der Waals surface area contributed by atoms with Crippen LogP contribution in [0.2, 0.25) is 0 Å². The number of methoxy groups -OCH3 is 2. The van der Waals surface area contributed by atoms with Crippen LogP contribution in [-0.4, -0.2) is 40.1 Å². The molecule has 7 heteroatoms. The van der Waals surface area contributed by atoms with E-state index < -0.39 is 21.0 Å². The number of nitrogens with one attached hydrogen (secondary N) is 1. The molecule has 1 atom stereocenters. The molecule has 1 N–H and O–H groups in total. The molecule has 0 unspecified atom stereocenters. The van der Waals surface area contributed by atoms with Crippen LogP contribution in [0.3, 0.4) is 0 Å². The third-order valence-electron chi connectivity index (χ3n) is 2.93. The number of sulfone groups is 1. The first-order valence-electron chi connectivity index (χ1n) is 5.97. The van der Waals surface area contributed by atoms with Crippen molar-refractivity contribution in [1.29, 1.82) is 0 Å². The molecule has 1 rings (SSSR count). The lowest BCUT2D eigenvalue weighted by Crippen LogP contribution is -2.36. The van der Waals surface area contributed by atoms with E-state index >= 15 is 0 Å². The van der Waals surface area contributed by atoms with Crippen LogP contribution in [0.1, 0.15) is 12.5 Å².